The molecule has 8 heteroatoms. The summed E-state index contributed by atoms with van der Waals surface area (Å²) >= 11 is 13.0. The van der Waals surface area contributed by atoms with E-state index in [9.17, 15) is 0 Å². The number of thiocarbonyl (C=S) groups is 1. The quantitative estimate of drug-likeness (QED) is 0.131. The van der Waals surface area contributed by atoms with Gasteiger partial charge >= 0.3 is 0 Å². The van der Waals surface area contributed by atoms with Crippen molar-refractivity contribution in [2.75, 3.05) is 45.3 Å². The first-order valence-electron chi connectivity index (χ1n) is 15.6. The fourth-order valence-electron chi connectivity index (χ4n) is 5.64. The van der Waals surface area contributed by atoms with Gasteiger partial charge in [-0.05, 0) is 87.1 Å². The fourth-order valence-corrected chi connectivity index (χ4v) is 6.95. The monoisotopic (exact) mass is 645 g/mol. The molecule has 4 heterocycles. The molecule has 0 atom stereocenters. The van der Waals surface area contributed by atoms with Crippen molar-refractivity contribution in [3.05, 3.63) is 80.9 Å². The Balaban J connectivity index is 1.20. The van der Waals surface area contributed by atoms with Crippen molar-refractivity contribution < 1.29 is 9.15 Å². The highest BCUT2D eigenvalue weighted by atomic mass is 32.1. The predicted octanol–water partition coefficient (Wildman–Crippen LogP) is 9.73. The number of aliphatic imine (C=N–C) groups is 1. The van der Waals surface area contributed by atoms with Crippen LogP contribution in [0.25, 0.3) is 21.4 Å². The Labute approximate surface area is 276 Å². The fraction of sp³-hybridized carbons (Fsp3) is 0.417. The van der Waals surface area contributed by atoms with E-state index in [0.717, 1.165) is 106 Å². The molecule has 0 aliphatic carbocycles. The highest BCUT2D eigenvalue weighted by Crippen LogP contribution is 2.37. The van der Waals surface area contributed by atoms with Crippen molar-refractivity contribution in [3.63, 3.8) is 0 Å². The molecule has 0 radical (unpaired) electrons. The van der Waals surface area contributed by atoms with Crippen molar-refractivity contribution in [2.24, 2.45) is 4.99 Å². The van der Waals surface area contributed by atoms with Gasteiger partial charge in [-0.3, -0.25) is 4.99 Å². The van der Waals surface area contributed by atoms with E-state index in [-0.39, 0.29) is 0 Å². The first kappa shape index (κ1) is 32.5. The van der Waals surface area contributed by atoms with Gasteiger partial charge in [0.1, 0.15) is 4.99 Å². The van der Waals surface area contributed by atoms with E-state index < -0.39 is 0 Å². The number of aryl methyl sites for hydroxylation is 1. The average Bonchev–Trinajstić information content (AvgIpc) is 3.49. The number of thiophene rings is 1. The zero-order chi connectivity index (χ0) is 31.1. The number of allylic oxidation sites excluding steroid dienone is 5. The van der Waals surface area contributed by atoms with E-state index in [1.165, 1.54) is 16.8 Å². The summed E-state index contributed by atoms with van der Waals surface area (Å²) in [4.78, 5) is 10.1. The third kappa shape index (κ3) is 8.21. The molecule has 0 saturated carbocycles. The van der Waals surface area contributed by atoms with E-state index in [0.29, 0.717) is 13.2 Å². The summed E-state index contributed by atoms with van der Waals surface area (Å²) in [6, 6.07) is 10.9. The topological polar surface area (TPSA) is 41.2 Å². The average molecular weight is 646 g/mol. The highest BCUT2D eigenvalue weighted by Gasteiger charge is 2.17. The minimum atomic E-state index is 0.713. The number of benzene rings is 1. The van der Waals surface area contributed by atoms with Crippen molar-refractivity contribution in [1.82, 2.24) is 4.90 Å². The highest BCUT2D eigenvalue weighted by molar-refractivity contribution is 7.80. The van der Waals surface area contributed by atoms with Gasteiger partial charge in [-0.2, -0.15) is 0 Å². The third-order valence-corrected chi connectivity index (χ3v) is 10.3. The third-order valence-electron chi connectivity index (χ3n) is 8.16. The molecule has 1 aromatic carbocycles. The number of fused-ring (bicyclic) bond motifs is 1. The van der Waals surface area contributed by atoms with E-state index in [2.05, 4.69) is 66.6 Å². The Morgan fingerprint density at radius 2 is 1.80 bits per heavy atom. The van der Waals surface area contributed by atoms with Crippen molar-refractivity contribution in [2.45, 2.75) is 58.8 Å². The van der Waals surface area contributed by atoms with Crippen molar-refractivity contribution in [1.29, 1.82) is 0 Å². The molecule has 0 bridgehead atoms. The summed E-state index contributed by atoms with van der Waals surface area (Å²) in [5.41, 5.74) is 9.09. The number of morpholine rings is 1. The summed E-state index contributed by atoms with van der Waals surface area (Å²) in [7, 11) is 3.99. The number of hydrogen-bond donors (Lipinski definition) is 0. The molecule has 3 aromatic rings. The van der Waals surface area contributed by atoms with Gasteiger partial charge in [-0.1, -0.05) is 60.9 Å². The van der Waals surface area contributed by atoms with Gasteiger partial charge in [0.2, 0.25) is 0 Å². The molecular formula is C36H43N3O2S3. The smallest absolute Gasteiger partial charge is 0.197 e. The van der Waals surface area contributed by atoms with E-state index in [1.54, 1.807) is 11.3 Å². The summed E-state index contributed by atoms with van der Waals surface area (Å²) in [5.74, 6) is 0.837. The number of nitrogens with zero attached hydrogens (tertiary/aromatic N) is 3. The lowest BCUT2D eigenvalue weighted by Gasteiger charge is -2.27. The molecular weight excluding hydrogens is 603 g/mol. The van der Waals surface area contributed by atoms with E-state index >= 15 is 0 Å². The number of likely N-dealkylation sites (N-methyl/N-ethyl adjacent to an activating group) is 1. The molecule has 2 aliphatic heterocycles. The summed E-state index contributed by atoms with van der Waals surface area (Å²) in [6.07, 6.45) is 14.4. The van der Waals surface area contributed by atoms with Gasteiger partial charge in [0.05, 0.1) is 22.4 Å². The second-order valence-electron chi connectivity index (χ2n) is 11.8. The van der Waals surface area contributed by atoms with Crippen LogP contribution in [0.4, 0.5) is 5.88 Å². The SMILES string of the molecule is C/C1=N/C(CCCCc2ccc(-c3csc4c(=S)cc(N5CCOCC5)oc34)cc2)=C/CCC/C=C1/C=C(\C)C(=S)N(C)C. The number of hydrogen-bond acceptors (Lipinski definition) is 7. The van der Waals surface area contributed by atoms with Gasteiger partial charge < -0.3 is 19.0 Å². The van der Waals surface area contributed by atoms with Gasteiger partial charge in [-0.15, -0.1) is 11.3 Å². The Bertz CT molecular complexity index is 1650. The first-order chi connectivity index (χ1) is 21.3. The van der Waals surface area contributed by atoms with Crippen LogP contribution in [0.2, 0.25) is 0 Å². The van der Waals surface area contributed by atoms with Crippen LogP contribution in [-0.2, 0) is 11.2 Å². The predicted molar refractivity (Wildman–Crippen MR) is 194 cm³/mol. The second kappa shape index (κ2) is 15.4. The molecule has 0 unspecified atom stereocenters. The molecule has 0 N–H and O–H groups in total. The number of rotatable bonds is 9. The number of unbranched alkanes of at least 4 members (excludes halogenated alkanes) is 1. The zero-order valence-electron chi connectivity index (χ0n) is 26.4. The van der Waals surface area contributed by atoms with Gasteiger partial charge in [-0.25, -0.2) is 0 Å². The van der Waals surface area contributed by atoms with Crippen LogP contribution in [-0.4, -0.2) is 56.0 Å². The van der Waals surface area contributed by atoms with Crippen LogP contribution < -0.4 is 4.90 Å². The molecule has 2 aromatic heterocycles. The van der Waals surface area contributed by atoms with Crippen LogP contribution >= 0.6 is 35.8 Å². The standard InChI is InChI=1S/C36H43N3O2S3/c1-25(36(43)38(3)4)22-29-11-6-5-7-12-30(37-26(29)2)13-9-8-10-27-14-16-28(17-15-27)31-24-44-35-32(42)23-33(41-34(31)35)39-18-20-40-21-19-39/h11-12,14-17,22-24H,5-10,13,18-21H2,1-4H3/b25-22+,29-11-,30-12+,37-26-. The minimum absolute atomic E-state index is 0.713. The lowest BCUT2D eigenvalue weighted by molar-refractivity contribution is 0.121. The molecule has 2 aliphatic rings. The van der Waals surface area contributed by atoms with Crippen LogP contribution in [0.3, 0.4) is 0 Å². The number of anilines is 1. The van der Waals surface area contributed by atoms with Crippen molar-refractivity contribution in [3.8, 4) is 11.1 Å². The number of ether oxygens (including phenoxy) is 1. The minimum Gasteiger partial charge on any atom is -0.439 e. The lowest BCUT2D eigenvalue weighted by Crippen LogP contribution is -2.36. The molecule has 5 rings (SSSR count). The summed E-state index contributed by atoms with van der Waals surface area (Å²) in [5, 5.41) is 2.17. The van der Waals surface area contributed by atoms with Gasteiger partial charge in [0, 0.05) is 55.6 Å². The first-order valence-corrected chi connectivity index (χ1v) is 17.3. The molecule has 0 spiro atoms. The molecule has 44 heavy (non-hydrogen) atoms. The maximum Gasteiger partial charge on any atom is 0.197 e. The molecule has 0 amide bonds. The lowest BCUT2D eigenvalue weighted by atomic mass is 10.0. The van der Waals surface area contributed by atoms with Gasteiger partial charge in [0.25, 0.3) is 0 Å². The zero-order valence-corrected chi connectivity index (χ0v) is 28.8. The summed E-state index contributed by atoms with van der Waals surface area (Å²) < 4.78 is 13.8. The van der Waals surface area contributed by atoms with Crippen LogP contribution in [0.1, 0.15) is 57.9 Å². The largest absolute Gasteiger partial charge is 0.439 e. The Morgan fingerprint density at radius 3 is 2.55 bits per heavy atom. The Kier molecular flexibility index (Phi) is 11.4. The van der Waals surface area contributed by atoms with Crippen LogP contribution in [0, 0.1) is 4.51 Å². The Hall–Kier alpha value is -2.91. The molecule has 5 nitrogen and oxygen atoms in total. The summed E-state index contributed by atoms with van der Waals surface area (Å²) in [6.45, 7) is 7.28. The molecule has 1 saturated heterocycles. The Morgan fingerprint density at radius 1 is 1.07 bits per heavy atom. The molecule has 232 valence electrons. The molecule has 1 fully saturated rings. The maximum atomic E-state index is 6.44. The maximum absolute atomic E-state index is 6.44. The van der Waals surface area contributed by atoms with Gasteiger partial charge in [0.15, 0.2) is 11.5 Å². The second-order valence-corrected chi connectivity index (χ2v) is 13.5. The van der Waals surface area contributed by atoms with E-state index in [4.69, 9.17) is 38.6 Å². The van der Waals surface area contributed by atoms with Crippen LogP contribution in [0.15, 0.2) is 80.2 Å². The normalized spacial score (nSPS) is 20.0. The van der Waals surface area contributed by atoms with Crippen molar-refractivity contribution >= 4 is 62.6 Å². The van der Waals surface area contributed by atoms with E-state index in [1.807, 2.05) is 25.1 Å². The van der Waals surface area contributed by atoms with Crippen LogP contribution in [0.5, 0.6) is 0 Å².